The summed E-state index contributed by atoms with van der Waals surface area (Å²) < 4.78 is 6.85. The highest BCUT2D eigenvalue weighted by Gasteiger charge is 2.33. The van der Waals surface area contributed by atoms with Gasteiger partial charge in [-0.2, -0.15) is 4.52 Å². The number of furan rings is 1. The van der Waals surface area contributed by atoms with Gasteiger partial charge in [0, 0.05) is 32.6 Å². The van der Waals surface area contributed by atoms with Gasteiger partial charge in [0.1, 0.15) is 0 Å². The van der Waals surface area contributed by atoms with E-state index in [1.807, 2.05) is 11.8 Å². The van der Waals surface area contributed by atoms with Crippen molar-refractivity contribution >= 4 is 22.2 Å². The highest BCUT2D eigenvalue weighted by Crippen LogP contribution is 2.40. The molecule has 178 valence electrons. The average molecular weight is 480 g/mol. The monoisotopic (exact) mass is 479 g/mol. The number of nitrogens with zero attached hydrogens (tertiary/aromatic N) is 5. The molecule has 1 aliphatic heterocycles. The van der Waals surface area contributed by atoms with Crippen molar-refractivity contribution in [2.24, 2.45) is 0 Å². The molecular weight excluding hydrogens is 450 g/mol. The first-order valence-corrected chi connectivity index (χ1v) is 12.5. The molecule has 1 aliphatic rings. The lowest BCUT2D eigenvalue weighted by Gasteiger charge is -2.39. The minimum atomic E-state index is -0.152. The van der Waals surface area contributed by atoms with Gasteiger partial charge in [0.15, 0.2) is 11.6 Å². The third-order valence-electron chi connectivity index (χ3n) is 6.43. The summed E-state index contributed by atoms with van der Waals surface area (Å²) in [6.45, 7) is 8.88. The van der Waals surface area contributed by atoms with Gasteiger partial charge >= 0.3 is 0 Å². The predicted octanol–water partition coefficient (Wildman–Crippen LogP) is 4.32. The van der Waals surface area contributed by atoms with Crippen LogP contribution in [-0.2, 0) is 6.42 Å². The summed E-state index contributed by atoms with van der Waals surface area (Å²) in [7, 11) is 0. The second-order valence-corrected chi connectivity index (χ2v) is 9.90. The van der Waals surface area contributed by atoms with Gasteiger partial charge in [-0.25, -0.2) is 4.98 Å². The van der Waals surface area contributed by atoms with Crippen LogP contribution in [0.2, 0.25) is 0 Å². The Hall–Kier alpha value is -3.17. The zero-order valence-electron chi connectivity index (χ0n) is 19.6. The van der Waals surface area contributed by atoms with E-state index in [1.54, 1.807) is 16.6 Å². The molecule has 34 heavy (non-hydrogen) atoms. The molecular formula is C25H29N5O3S. The molecule has 1 amide bonds. The predicted molar refractivity (Wildman–Crippen MR) is 130 cm³/mol. The molecule has 1 atom stereocenters. The lowest BCUT2D eigenvalue weighted by atomic mass is 9.97. The molecule has 1 N–H and O–H groups in total. The van der Waals surface area contributed by atoms with Gasteiger partial charge in [-0.05, 0) is 29.2 Å². The Morgan fingerprint density at radius 2 is 1.82 bits per heavy atom. The zero-order valence-corrected chi connectivity index (χ0v) is 20.5. The maximum Gasteiger partial charge on any atom is 0.289 e. The van der Waals surface area contributed by atoms with Gasteiger partial charge in [0.2, 0.25) is 10.8 Å². The molecule has 5 rings (SSSR count). The molecule has 4 heterocycles. The van der Waals surface area contributed by atoms with Crippen LogP contribution in [0.15, 0.2) is 47.1 Å². The van der Waals surface area contributed by atoms with Crippen LogP contribution in [0.4, 0.5) is 0 Å². The first-order valence-electron chi connectivity index (χ1n) is 11.7. The Bertz CT molecular complexity index is 1270. The lowest BCUT2D eigenvalue weighted by molar-refractivity contribution is 0.0568. The fraction of sp³-hybridized carbons (Fsp3) is 0.400. The highest BCUT2D eigenvalue weighted by molar-refractivity contribution is 7.17. The molecule has 0 aliphatic carbocycles. The quantitative estimate of drug-likeness (QED) is 0.443. The second kappa shape index (κ2) is 9.23. The van der Waals surface area contributed by atoms with E-state index in [0.29, 0.717) is 42.8 Å². The summed E-state index contributed by atoms with van der Waals surface area (Å²) in [6, 6.07) is 11.9. The van der Waals surface area contributed by atoms with Crippen LogP contribution in [-0.4, -0.2) is 61.6 Å². The van der Waals surface area contributed by atoms with Gasteiger partial charge in [-0.1, -0.05) is 56.4 Å². The maximum absolute atomic E-state index is 12.7. The van der Waals surface area contributed by atoms with Crippen LogP contribution in [0, 0.1) is 0 Å². The van der Waals surface area contributed by atoms with Crippen LogP contribution in [0.25, 0.3) is 4.96 Å². The molecule has 0 radical (unpaired) electrons. The van der Waals surface area contributed by atoms with Crippen LogP contribution in [0.3, 0.4) is 0 Å². The number of hydrogen-bond donors (Lipinski definition) is 1. The Morgan fingerprint density at radius 1 is 1.12 bits per heavy atom. The van der Waals surface area contributed by atoms with Gasteiger partial charge in [-0.15, -0.1) is 5.10 Å². The average Bonchev–Trinajstić information content (AvgIpc) is 3.59. The van der Waals surface area contributed by atoms with Crippen molar-refractivity contribution in [2.75, 3.05) is 26.2 Å². The van der Waals surface area contributed by atoms with Gasteiger partial charge in [-0.3, -0.25) is 9.69 Å². The molecule has 1 aromatic carbocycles. The number of thiazole rings is 1. The number of amides is 1. The van der Waals surface area contributed by atoms with Gasteiger partial charge in [0.25, 0.3) is 5.91 Å². The number of carbonyl (C=O) groups is 1. The van der Waals surface area contributed by atoms with Crippen molar-refractivity contribution in [3.05, 3.63) is 70.3 Å². The minimum Gasteiger partial charge on any atom is -0.492 e. The summed E-state index contributed by atoms with van der Waals surface area (Å²) in [5, 5.41) is 15.6. The summed E-state index contributed by atoms with van der Waals surface area (Å²) in [5.74, 6) is 1.58. The smallest absolute Gasteiger partial charge is 0.289 e. The van der Waals surface area contributed by atoms with Crippen LogP contribution in [0.1, 0.15) is 65.1 Å². The summed E-state index contributed by atoms with van der Waals surface area (Å²) in [6.07, 6.45) is 2.24. The largest absolute Gasteiger partial charge is 0.492 e. The molecule has 1 saturated heterocycles. The Labute approximate surface area is 202 Å². The zero-order chi connectivity index (χ0) is 23.8. The maximum atomic E-state index is 12.7. The third-order valence-corrected chi connectivity index (χ3v) is 7.50. The normalized spacial score (nSPS) is 15.9. The van der Waals surface area contributed by atoms with E-state index in [0.717, 1.165) is 22.7 Å². The standard InChI is InChI=1S/C25H29N5O3S/c1-4-20-26-25-30(27-20)24(32)22(34-25)21(18-9-7-17(8-10-18)16(2)3)28-11-13-29(14-12-28)23(31)19-6-5-15-33-19/h5-10,15-16,21,32H,4,11-14H2,1-3H3/t21-/m1/s1. The molecule has 1 fully saturated rings. The fourth-order valence-electron chi connectivity index (χ4n) is 4.45. The Morgan fingerprint density at radius 3 is 2.41 bits per heavy atom. The molecule has 0 spiro atoms. The van der Waals surface area contributed by atoms with Crippen molar-refractivity contribution in [1.29, 1.82) is 0 Å². The minimum absolute atomic E-state index is 0.0868. The number of aryl methyl sites for hydroxylation is 1. The summed E-state index contributed by atoms with van der Waals surface area (Å²) in [4.78, 5) is 23.0. The van der Waals surface area contributed by atoms with Crippen molar-refractivity contribution in [1.82, 2.24) is 24.4 Å². The van der Waals surface area contributed by atoms with E-state index < -0.39 is 0 Å². The van der Waals surface area contributed by atoms with Crippen LogP contribution in [0.5, 0.6) is 5.88 Å². The summed E-state index contributed by atoms with van der Waals surface area (Å²) in [5.41, 5.74) is 2.38. The van der Waals surface area contributed by atoms with Gasteiger partial charge in [0.05, 0.1) is 17.2 Å². The number of carbonyl (C=O) groups excluding carboxylic acids is 1. The SMILES string of the molecule is CCc1nc2sc([C@@H](c3ccc(C(C)C)cc3)N3CCN(C(=O)c4ccco4)CC3)c(O)n2n1. The van der Waals surface area contributed by atoms with E-state index in [4.69, 9.17) is 4.42 Å². The molecule has 0 unspecified atom stereocenters. The van der Waals surface area contributed by atoms with E-state index in [9.17, 15) is 9.90 Å². The van der Waals surface area contributed by atoms with Crippen molar-refractivity contribution in [3.8, 4) is 5.88 Å². The Balaban J connectivity index is 1.46. The van der Waals surface area contributed by atoms with Crippen molar-refractivity contribution in [3.63, 3.8) is 0 Å². The van der Waals surface area contributed by atoms with Crippen LogP contribution < -0.4 is 0 Å². The topological polar surface area (TPSA) is 87.1 Å². The third kappa shape index (κ3) is 4.10. The van der Waals surface area contributed by atoms with E-state index in [-0.39, 0.29) is 17.8 Å². The highest BCUT2D eigenvalue weighted by atomic mass is 32.1. The van der Waals surface area contributed by atoms with E-state index >= 15 is 0 Å². The van der Waals surface area contributed by atoms with Crippen molar-refractivity contribution < 1.29 is 14.3 Å². The summed E-state index contributed by atoms with van der Waals surface area (Å²) >= 11 is 1.47. The number of fused-ring (bicyclic) bond motifs is 1. The molecule has 0 saturated carbocycles. The number of hydrogen-bond acceptors (Lipinski definition) is 7. The Kier molecular flexibility index (Phi) is 6.14. The van der Waals surface area contributed by atoms with Gasteiger partial charge < -0.3 is 14.4 Å². The number of benzene rings is 1. The fourth-order valence-corrected chi connectivity index (χ4v) is 5.59. The number of piperazine rings is 1. The molecule has 0 bridgehead atoms. The first kappa shape index (κ1) is 22.6. The number of aromatic nitrogens is 3. The second-order valence-electron chi connectivity index (χ2n) is 8.90. The lowest BCUT2D eigenvalue weighted by Crippen LogP contribution is -2.49. The van der Waals surface area contributed by atoms with E-state index in [2.05, 4.69) is 53.1 Å². The number of aromatic hydroxyl groups is 1. The van der Waals surface area contributed by atoms with Crippen LogP contribution >= 0.6 is 11.3 Å². The van der Waals surface area contributed by atoms with Crippen molar-refractivity contribution in [2.45, 2.75) is 39.2 Å². The molecule has 9 heteroatoms. The number of rotatable bonds is 6. The molecule has 4 aromatic rings. The first-order chi connectivity index (χ1) is 16.5. The van der Waals surface area contributed by atoms with E-state index in [1.165, 1.54) is 23.2 Å². The molecule has 8 nitrogen and oxygen atoms in total. The molecule has 3 aromatic heterocycles.